The van der Waals surface area contributed by atoms with E-state index in [1.807, 2.05) is 18.2 Å². The zero-order valence-corrected chi connectivity index (χ0v) is 11.3. The topological polar surface area (TPSA) is 52.5 Å². The first-order valence-electron chi connectivity index (χ1n) is 6.95. The van der Waals surface area contributed by atoms with E-state index in [1.54, 1.807) is 0 Å². The van der Waals surface area contributed by atoms with Gasteiger partial charge in [-0.05, 0) is 36.8 Å². The Hall–Kier alpha value is -1.16. The number of benzene rings is 1. The van der Waals surface area contributed by atoms with Crippen LogP contribution >= 0.6 is 0 Å². The summed E-state index contributed by atoms with van der Waals surface area (Å²) in [7, 11) is 0. The van der Waals surface area contributed by atoms with Crippen molar-refractivity contribution in [2.24, 2.45) is 0 Å². The minimum absolute atomic E-state index is 0.0677. The Morgan fingerprint density at radius 2 is 2.21 bits per heavy atom. The summed E-state index contributed by atoms with van der Waals surface area (Å²) in [6.07, 6.45) is 4.80. The zero-order chi connectivity index (χ0) is 13.7. The van der Waals surface area contributed by atoms with Gasteiger partial charge in [-0.2, -0.15) is 0 Å². The number of nitrogens with one attached hydrogen (secondary N) is 1. The summed E-state index contributed by atoms with van der Waals surface area (Å²) in [4.78, 5) is 0. The second kappa shape index (κ2) is 6.33. The molecule has 3 nitrogen and oxygen atoms in total. The highest BCUT2D eigenvalue weighted by atomic mass is 16.3. The lowest BCUT2D eigenvalue weighted by molar-refractivity contribution is 0.115. The zero-order valence-electron chi connectivity index (χ0n) is 11.3. The van der Waals surface area contributed by atoms with Crippen molar-refractivity contribution in [2.45, 2.75) is 37.3 Å². The third-order valence-electron chi connectivity index (χ3n) is 4.00. The fourth-order valence-corrected chi connectivity index (χ4v) is 2.82. The van der Waals surface area contributed by atoms with E-state index in [9.17, 15) is 10.2 Å². The minimum Gasteiger partial charge on any atom is -0.394 e. The molecule has 0 amide bonds. The molecule has 0 spiro atoms. The van der Waals surface area contributed by atoms with E-state index >= 15 is 0 Å². The van der Waals surface area contributed by atoms with Crippen molar-refractivity contribution in [3.63, 3.8) is 0 Å². The molecule has 3 N–H and O–H groups in total. The number of fused-ring (bicyclic) bond motifs is 1. The third kappa shape index (κ3) is 3.06. The minimum atomic E-state index is -0.394. The Bertz CT molecular complexity index is 433. The second-order valence-electron chi connectivity index (χ2n) is 5.30. The number of rotatable bonds is 7. The fourth-order valence-electron chi connectivity index (χ4n) is 2.82. The van der Waals surface area contributed by atoms with Crippen LogP contribution in [0.1, 0.15) is 30.4 Å². The van der Waals surface area contributed by atoms with Gasteiger partial charge in [0.15, 0.2) is 0 Å². The molecule has 0 radical (unpaired) electrons. The largest absolute Gasteiger partial charge is 0.394 e. The molecule has 104 valence electrons. The van der Waals surface area contributed by atoms with E-state index in [1.165, 1.54) is 11.1 Å². The summed E-state index contributed by atoms with van der Waals surface area (Å²) in [5.41, 5.74) is 2.09. The van der Waals surface area contributed by atoms with Crippen molar-refractivity contribution >= 4 is 0 Å². The van der Waals surface area contributed by atoms with Crippen LogP contribution in [0.4, 0.5) is 0 Å². The average molecular weight is 261 g/mol. The van der Waals surface area contributed by atoms with E-state index in [0.29, 0.717) is 13.0 Å². The van der Waals surface area contributed by atoms with E-state index in [0.717, 1.165) is 19.3 Å². The van der Waals surface area contributed by atoms with Gasteiger partial charge in [0.05, 0.1) is 18.2 Å². The van der Waals surface area contributed by atoms with Gasteiger partial charge in [-0.25, -0.2) is 0 Å². The molecule has 2 rings (SSSR count). The summed E-state index contributed by atoms with van der Waals surface area (Å²) >= 11 is 0. The van der Waals surface area contributed by atoms with Crippen LogP contribution in [0.2, 0.25) is 0 Å². The molecule has 0 heterocycles. The number of aliphatic hydroxyl groups is 2. The van der Waals surface area contributed by atoms with Crippen molar-refractivity contribution < 1.29 is 10.2 Å². The quantitative estimate of drug-likeness (QED) is 0.655. The van der Waals surface area contributed by atoms with Crippen LogP contribution in [0, 0.1) is 0 Å². The molecule has 0 bridgehead atoms. The van der Waals surface area contributed by atoms with Crippen LogP contribution in [0.5, 0.6) is 0 Å². The van der Waals surface area contributed by atoms with E-state index < -0.39 is 6.10 Å². The summed E-state index contributed by atoms with van der Waals surface area (Å²) in [6, 6.07) is 8.22. The van der Waals surface area contributed by atoms with Crippen LogP contribution in [-0.2, 0) is 12.0 Å². The van der Waals surface area contributed by atoms with Gasteiger partial charge in [-0.1, -0.05) is 30.3 Å². The highest BCUT2D eigenvalue weighted by molar-refractivity contribution is 5.38. The van der Waals surface area contributed by atoms with E-state index in [-0.39, 0.29) is 12.1 Å². The van der Waals surface area contributed by atoms with Crippen molar-refractivity contribution in [2.75, 3.05) is 13.2 Å². The Morgan fingerprint density at radius 3 is 2.95 bits per heavy atom. The summed E-state index contributed by atoms with van der Waals surface area (Å²) < 4.78 is 0. The van der Waals surface area contributed by atoms with Gasteiger partial charge in [-0.15, -0.1) is 6.58 Å². The molecule has 1 aliphatic carbocycles. The van der Waals surface area contributed by atoms with Crippen molar-refractivity contribution in [3.8, 4) is 0 Å². The van der Waals surface area contributed by atoms with Crippen LogP contribution in [0.3, 0.4) is 0 Å². The Balaban J connectivity index is 2.03. The maximum Gasteiger partial charge on any atom is 0.0675 e. The van der Waals surface area contributed by atoms with Crippen LogP contribution < -0.4 is 5.32 Å². The SMILES string of the molecule is C=CCCC(O)CNC1(CO)CCc2ccccc21. The number of aryl methyl sites for hydroxylation is 1. The van der Waals surface area contributed by atoms with Gasteiger partial charge in [0, 0.05) is 6.54 Å². The maximum atomic E-state index is 9.91. The van der Waals surface area contributed by atoms with Gasteiger partial charge in [0.25, 0.3) is 0 Å². The standard InChI is InChI=1S/C16H23NO2/c1-2-3-7-14(19)11-17-16(12-18)10-9-13-6-4-5-8-15(13)16/h2,4-6,8,14,17-19H,1,3,7,9-12H2. The van der Waals surface area contributed by atoms with Crippen LogP contribution in [0.15, 0.2) is 36.9 Å². The molecule has 0 fully saturated rings. The molecular weight excluding hydrogens is 238 g/mol. The average Bonchev–Trinajstić information content (AvgIpc) is 2.82. The summed E-state index contributed by atoms with van der Waals surface area (Å²) in [5.74, 6) is 0. The third-order valence-corrected chi connectivity index (χ3v) is 4.00. The number of allylic oxidation sites excluding steroid dienone is 1. The highest BCUT2D eigenvalue weighted by Gasteiger charge is 2.37. The smallest absolute Gasteiger partial charge is 0.0675 e. The normalized spacial score (nSPS) is 23.1. The van der Waals surface area contributed by atoms with Gasteiger partial charge in [0.2, 0.25) is 0 Å². The van der Waals surface area contributed by atoms with Gasteiger partial charge >= 0.3 is 0 Å². The predicted molar refractivity (Wildman–Crippen MR) is 77.0 cm³/mol. The molecule has 1 aromatic rings. The molecule has 1 aromatic carbocycles. The van der Waals surface area contributed by atoms with E-state index in [4.69, 9.17) is 0 Å². The second-order valence-corrected chi connectivity index (χ2v) is 5.30. The molecule has 0 saturated carbocycles. The monoisotopic (exact) mass is 261 g/mol. The Morgan fingerprint density at radius 1 is 1.42 bits per heavy atom. The van der Waals surface area contributed by atoms with Gasteiger partial charge in [-0.3, -0.25) is 0 Å². The van der Waals surface area contributed by atoms with Crippen LogP contribution in [0.25, 0.3) is 0 Å². The molecule has 3 heteroatoms. The lowest BCUT2D eigenvalue weighted by Crippen LogP contribution is -2.47. The first-order valence-corrected chi connectivity index (χ1v) is 6.95. The molecule has 0 aromatic heterocycles. The maximum absolute atomic E-state index is 9.91. The van der Waals surface area contributed by atoms with Gasteiger partial charge in [0.1, 0.15) is 0 Å². The van der Waals surface area contributed by atoms with Crippen molar-refractivity contribution in [3.05, 3.63) is 48.0 Å². The first-order chi connectivity index (χ1) is 9.22. The molecule has 1 aliphatic rings. The van der Waals surface area contributed by atoms with Crippen molar-refractivity contribution in [1.29, 1.82) is 0 Å². The Labute approximate surface area is 115 Å². The summed E-state index contributed by atoms with van der Waals surface area (Å²) in [5, 5.41) is 23.1. The lowest BCUT2D eigenvalue weighted by Gasteiger charge is -2.31. The van der Waals surface area contributed by atoms with Crippen molar-refractivity contribution in [1.82, 2.24) is 5.32 Å². The number of aliphatic hydroxyl groups excluding tert-OH is 2. The Kier molecular flexibility index (Phi) is 4.75. The molecule has 0 aliphatic heterocycles. The fraction of sp³-hybridized carbons (Fsp3) is 0.500. The van der Waals surface area contributed by atoms with Crippen LogP contribution in [-0.4, -0.2) is 29.5 Å². The summed E-state index contributed by atoms with van der Waals surface area (Å²) in [6.45, 7) is 4.23. The number of hydrogen-bond acceptors (Lipinski definition) is 3. The molecule has 2 atom stereocenters. The highest BCUT2D eigenvalue weighted by Crippen LogP contribution is 2.36. The van der Waals surface area contributed by atoms with Gasteiger partial charge < -0.3 is 15.5 Å². The number of hydrogen-bond donors (Lipinski definition) is 3. The lowest BCUT2D eigenvalue weighted by atomic mass is 9.92. The molecule has 2 unspecified atom stereocenters. The molecule has 0 saturated heterocycles. The molecular formula is C16H23NO2. The van der Waals surface area contributed by atoms with E-state index in [2.05, 4.69) is 24.0 Å². The first kappa shape index (κ1) is 14.3. The predicted octanol–water partition coefficient (Wildman–Crippen LogP) is 1.74. The molecule has 19 heavy (non-hydrogen) atoms.